The van der Waals surface area contributed by atoms with Crippen molar-refractivity contribution in [3.8, 4) is 0 Å². The minimum absolute atomic E-state index is 0.584. The molecular weight excluding hydrogens is 240 g/mol. The van der Waals surface area contributed by atoms with Crippen molar-refractivity contribution >= 4 is 0 Å². The Morgan fingerprint density at radius 1 is 0.950 bits per heavy atom. The lowest BCUT2D eigenvalue weighted by Gasteiger charge is -2.64. The molecule has 4 saturated carbocycles. The van der Waals surface area contributed by atoms with Gasteiger partial charge in [0.25, 0.3) is 0 Å². The molecule has 4 rings (SSSR count). The first kappa shape index (κ1) is 13.4. The van der Waals surface area contributed by atoms with Gasteiger partial charge in [0, 0.05) is 0 Å². The van der Waals surface area contributed by atoms with Crippen LogP contribution in [0.2, 0.25) is 0 Å². The van der Waals surface area contributed by atoms with Crippen LogP contribution in [0.25, 0.3) is 0 Å². The number of fused-ring (bicyclic) bond motifs is 3. The molecule has 0 aromatic heterocycles. The monoisotopic (exact) mass is 272 g/mol. The summed E-state index contributed by atoms with van der Waals surface area (Å²) in [4.78, 5) is 0. The molecule has 1 spiro atoms. The molecule has 2 bridgehead atoms. The van der Waals surface area contributed by atoms with Crippen LogP contribution in [0.3, 0.4) is 0 Å². The third-order valence-corrected chi connectivity index (χ3v) is 8.36. The van der Waals surface area contributed by atoms with Crippen molar-refractivity contribution < 1.29 is 0 Å². The van der Waals surface area contributed by atoms with Crippen LogP contribution in [0.1, 0.15) is 78.6 Å². The highest BCUT2D eigenvalue weighted by Gasteiger charge is 2.62. The SMILES string of the molecule is C=C1C[C@]23CC[C@@H]4C(C)(C)CCC[C@@]4(C)[C@@H]2CC[C@@H]1C3. The lowest BCUT2D eigenvalue weighted by atomic mass is 9.41. The topological polar surface area (TPSA) is 0 Å². The van der Waals surface area contributed by atoms with E-state index in [1.54, 1.807) is 5.57 Å². The highest BCUT2D eigenvalue weighted by molar-refractivity contribution is 5.22. The van der Waals surface area contributed by atoms with Crippen molar-refractivity contribution in [1.82, 2.24) is 0 Å². The van der Waals surface area contributed by atoms with E-state index >= 15 is 0 Å². The van der Waals surface area contributed by atoms with Crippen LogP contribution in [-0.2, 0) is 0 Å². The fourth-order valence-electron chi connectivity index (χ4n) is 7.68. The van der Waals surface area contributed by atoms with Crippen LogP contribution in [-0.4, -0.2) is 0 Å². The zero-order valence-electron chi connectivity index (χ0n) is 13.8. The summed E-state index contributed by atoms with van der Waals surface area (Å²) < 4.78 is 0. The molecule has 0 aromatic rings. The number of hydrogen-bond donors (Lipinski definition) is 0. The van der Waals surface area contributed by atoms with Gasteiger partial charge in [-0.15, -0.1) is 0 Å². The number of hydrogen-bond acceptors (Lipinski definition) is 0. The summed E-state index contributed by atoms with van der Waals surface area (Å²) in [5, 5.41) is 0. The van der Waals surface area contributed by atoms with Crippen molar-refractivity contribution in [2.45, 2.75) is 78.6 Å². The van der Waals surface area contributed by atoms with E-state index in [1.165, 1.54) is 57.8 Å². The normalized spacial score (nSPS) is 53.4. The maximum absolute atomic E-state index is 4.44. The summed E-state index contributed by atoms with van der Waals surface area (Å²) in [7, 11) is 0. The van der Waals surface area contributed by atoms with Gasteiger partial charge in [-0.1, -0.05) is 39.3 Å². The Balaban J connectivity index is 1.74. The Labute approximate surface area is 125 Å². The summed E-state index contributed by atoms with van der Waals surface area (Å²) in [6.07, 6.45) is 13.3. The highest BCUT2D eigenvalue weighted by Crippen LogP contribution is 2.72. The molecule has 4 aliphatic rings. The molecule has 0 aromatic carbocycles. The van der Waals surface area contributed by atoms with Crippen LogP contribution >= 0.6 is 0 Å². The zero-order valence-corrected chi connectivity index (χ0v) is 13.8. The Bertz CT molecular complexity index is 445. The lowest BCUT2D eigenvalue weighted by molar-refractivity contribution is -0.144. The highest BCUT2D eigenvalue weighted by atomic mass is 14.7. The van der Waals surface area contributed by atoms with Gasteiger partial charge in [0.2, 0.25) is 0 Å². The third-order valence-electron chi connectivity index (χ3n) is 8.36. The Hall–Kier alpha value is -0.260. The predicted octanol–water partition coefficient (Wildman–Crippen LogP) is 5.98. The van der Waals surface area contributed by atoms with Crippen molar-refractivity contribution in [2.75, 3.05) is 0 Å². The zero-order chi connectivity index (χ0) is 14.2. The van der Waals surface area contributed by atoms with Gasteiger partial charge in [-0.25, -0.2) is 0 Å². The van der Waals surface area contributed by atoms with Crippen LogP contribution in [0, 0.1) is 34.0 Å². The minimum Gasteiger partial charge on any atom is -0.0996 e. The van der Waals surface area contributed by atoms with Gasteiger partial charge in [0.15, 0.2) is 0 Å². The van der Waals surface area contributed by atoms with Gasteiger partial charge in [-0.05, 0) is 85.4 Å². The molecule has 0 N–H and O–H groups in total. The van der Waals surface area contributed by atoms with Crippen LogP contribution in [0.15, 0.2) is 12.2 Å². The van der Waals surface area contributed by atoms with Crippen LogP contribution < -0.4 is 0 Å². The summed E-state index contributed by atoms with van der Waals surface area (Å²) >= 11 is 0. The lowest BCUT2D eigenvalue weighted by Crippen LogP contribution is -2.55. The Morgan fingerprint density at radius 2 is 1.75 bits per heavy atom. The molecule has 20 heavy (non-hydrogen) atoms. The third kappa shape index (κ3) is 1.54. The van der Waals surface area contributed by atoms with Gasteiger partial charge >= 0.3 is 0 Å². The molecule has 0 radical (unpaired) electrons. The van der Waals surface area contributed by atoms with E-state index in [4.69, 9.17) is 0 Å². The predicted molar refractivity (Wildman–Crippen MR) is 85.5 cm³/mol. The molecular formula is C20H32. The van der Waals surface area contributed by atoms with E-state index in [9.17, 15) is 0 Å². The Morgan fingerprint density at radius 3 is 2.55 bits per heavy atom. The molecule has 0 nitrogen and oxygen atoms in total. The molecule has 0 saturated heterocycles. The summed E-state index contributed by atoms with van der Waals surface area (Å²) in [5.74, 6) is 2.87. The van der Waals surface area contributed by atoms with E-state index in [0.29, 0.717) is 16.2 Å². The van der Waals surface area contributed by atoms with Crippen molar-refractivity contribution in [3.63, 3.8) is 0 Å². The first-order valence-corrected chi connectivity index (χ1v) is 9.05. The summed E-state index contributed by atoms with van der Waals surface area (Å²) in [5.41, 5.74) is 3.51. The fraction of sp³-hybridized carbons (Fsp3) is 0.900. The maximum atomic E-state index is 4.44. The number of allylic oxidation sites excluding steroid dienone is 1. The first-order chi connectivity index (χ1) is 9.37. The van der Waals surface area contributed by atoms with Crippen molar-refractivity contribution in [2.24, 2.45) is 34.0 Å². The van der Waals surface area contributed by atoms with E-state index in [2.05, 4.69) is 27.4 Å². The minimum atomic E-state index is 0.584. The largest absolute Gasteiger partial charge is 0.0996 e. The van der Waals surface area contributed by atoms with Crippen molar-refractivity contribution in [3.05, 3.63) is 12.2 Å². The standard InChI is InChI=1S/C20H32/c1-14-12-20-11-8-16-18(2,3)9-5-10-19(16,4)17(20)7-6-15(14)13-20/h15-17H,1,5-13H2,2-4H3/t15-,16-,17+,19-,20+/m1/s1. The second-order valence-corrected chi connectivity index (χ2v) is 9.67. The Kier molecular flexibility index (Phi) is 2.63. The number of rotatable bonds is 0. The van der Waals surface area contributed by atoms with Gasteiger partial charge in [0.05, 0.1) is 0 Å². The van der Waals surface area contributed by atoms with Crippen molar-refractivity contribution in [1.29, 1.82) is 0 Å². The van der Waals surface area contributed by atoms with Gasteiger partial charge in [0.1, 0.15) is 0 Å². The van der Waals surface area contributed by atoms with Crippen LogP contribution in [0.4, 0.5) is 0 Å². The van der Waals surface area contributed by atoms with E-state index < -0.39 is 0 Å². The maximum Gasteiger partial charge on any atom is -0.0200 e. The molecule has 0 amide bonds. The summed E-state index contributed by atoms with van der Waals surface area (Å²) in [6.45, 7) is 12.2. The van der Waals surface area contributed by atoms with Gasteiger partial charge in [-0.3, -0.25) is 0 Å². The second-order valence-electron chi connectivity index (χ2n) is 9.67. The quantitative estimate of drug-likeness (QED) is 0.476. The molecule has 112 valence electrons. The molecule has 4 fully saturated rings. The van der Waals surface area contributed by atoms with Gasteiger partial charge < -0.3 is 0 Å². The molecule has 0 aliphatic heterocycles. The first-order valence-electron chi connectivity index (χ1n) is 9.05. The van der Waals surface area contributed by atoms with E-state index in [1.807, 2.05) is 0 Å². The summed E-state index contributed by atoms with van der Waals surface area (Å²) in [6, 6.07) is 0. The van der Waals surface area contributed by atoms with Crippen LogP contribution in [0.5, 0.6) is 0 Å². The molecule has 4 aliphatic carbocycles. The second kappa shape index (κ2) is 3.93. The van der Waals surface area contributed by atoms with Gasteiger partial charge in [-0.2, -0.15) is 0 Å². The fourth-order valence-corrected chi connectivity index (χ4v) is 7.68. The molecule has 0 heterocycles. The smallest absolute Gasteiger partial charge is 0.0200 e. The average Bonchev–Trinajstić information content (AvgIpc) is 2.58. The molecule has 0 heteroatoms. The van der Waals surface area contributed by atoms with E-state index in [0.717, 1.165) is 17.8 Å². The van der Waals surface area contributed by atoms with E-state index in [-0.39, 0.29) is 0 Å². The average molecular weight is 272 g/mol. The molecule has 5 atom stereocenters. The molecule has 0 unspecified atom stereocenters.